The second-order valence-corrected chi connectivity index (χ2v) is 5.17. The molecule has 0 aliphatic carbocycles. The minimum absolute atomic E-state index is 0.251. The zero-order valence-corrected chi connectivity index (χ0v) is 12.5. The Labute approximate surface area is 115 Å². The summed E-state index contributed by atoms with van der Waals surface area (Å²) in [6.45, 7) is 8.74. The molecule has 1 heterocycles. The van der Waals surface area contributed by atoms with Gasteiger partial charge in [-0.1, -0.05) is 6.92 Å². The van der Waals surface area contributed by atoms with Crippen LogP contribution in [0, 0.1) is 6.92 Å². The van der Waals surface area contributed by atoms with Gasteiger partial charge in [-0.15, -0.1) is 0 Å². The van der Waals surface area contributed by atoms with Crippen LogP contribution in [-0.4, -0.2) is 29.2 Å². The molecule has 0 aliphatic heterocycles. The van der Waals surface area contributed by atoms with Crippen LogP contribution in [0.25, 0.3) is 0 Å². The lowest BCUT2D eigenvalue weighted by Crippen LogP contribution is -2.32. The summed E-state index contributed by atoms with van der Waals surface area (Å²) in [5.74, 6) is 7.76. The van der Waals surface area contributed by atoms with E-state index in [-0.39, 0.29) is 5.60 Å². The zero-order valence-electron chi connectivity index (χ0n) is 12.5. The van der Waals surface area contributed by atoms with Crippen LogP contribution in [0.3, 0.4) is 0 Å². The van der Waals surface area contributed by atoms with Crippen molar-refractivity contribution in [3.8, 4) is 0 Å². The van der Waals surface area contributed by atoms with Crippen molar-refractivity contribution in [2.75, 3.05) is 24.4 Å². The number of aryl methyl sites for hydroxylation is 1. The Kier molecular flexibility index (Phi) is 5.50. The van der Waals surface area contributed by atoms with Crippen molar-refractivity contribution in [1.82, 2.24) is 9.97 Å². The highest BCUT2D eigenvalue weighted by Crippen LogP contribution is 2.20. The summed E-state index contributed by atoms with van der Waals surface area (Å²) in [4.78, 5) is 8.92. The SMILES string of the molecule is CCCc1nc(NN)c(C)c(NCC(C)(C)OC)n1. The van der Waals surface area contributed by atoms with E-state index in [2.05, 4.69) is 27.6 Å². The van der Waals surface area contributed by atoms with Gasteiger partial charge in [0.15, 0.2) is 0 Å². The second kappa shape index (κ2) is 6.68. The fourth-order valence-electron chi connectivity index (χ4n) is 1.58. The number of hydrazine groups is 1. The molecule has 0 bridgehead atoms. The third kappa shape index (κ3) is 4.33. The number of hydrogen-bond donors (Lipinski definition) is 3. The van der Waals surface area contributed by atoms with E-state index in [0.29, 0.717) is 12.4 Å². The van der Waals surface area contributed by atoms with Crippen LogP contribution in [0.2, 0.25) is 0 Å². The van der Waals surface area contributed by atoms with E-state index in [0.717, 1.165) is 30.0 Å². The Morgan fingerprint density at radius 3 is 2.42 bits per heavy atom. The van der Waals surface area contributed by atoms with Gasteiger partial charge in [0.05, 0.1) is 5.60 Å². The molecule has 4 N–H and O–H groups in total. The van der Waals surface area contributed by atoms with Crippen LogP contribution in [0.1, 0.15) is 38.6 Å². The molecule has 6 nitrogen and oxygen atoms in total. The number of ether oxygens (including phenoxy) is 1. The van der Waals surface area contributed by atoms with E-state index in [1.807, 2.05) is 20.8 Å². The molecule has 1 aromatic heterocycles. The Hall–Kier alpha value is -1.40. The van der Waals surface area contributed by atoms with Gasteiger partial charge < -0.3 is 15.5 Å². The number of anilines is 2. The van der Waals surface area contributed by atoms with Crippen LogP contribution in [0.5, 0.6) is 0 Å². The fraction of sp³-hybridized carbons (Fsp3) is 0.692. The predicted octanol–water partition coefficient (Wildman–Crippen LogP) is 1.86. The molecule has 0 aromatic carbocycles. The standard InChI is InChI=1S/C13H25N5O/c1-6-7-10-16-11(9(2)12(17-10)18-14)15-8-13(3,4)19-5/h6-8,14H2,1-5H3,(H2,15,16,17,18). The van der Waals surface area contributed by atoms with Crippen LogP contribution >= 0.6 is 0 Å². The van der Waals surface area contributed by atoms with E-state index >= 15 is 0 Å². The van der Waals surface area contributed by atoms with Crippen molar-refractivity contribution in [2.24, 2.45) is 5.84 Å². The maximum Gasteiger partial charge on any atom is 0.148 e. The predicted molar refractivity (Wildman–Crippen MR) is 78.2 cm³/mol. The summed E-state index contributed by atoms with van der Waals surface area (Å²) in [5, 5.41) is 3.31. The van der Waals surface area contributed by atoms with Gasteiger partial charge in [0.2, 0.25) is 0 Å². The maximum absolute atomic E-state index is 5.50. The molecule has 108 valence electrons. The first-order chi connectivity index (χ1) is 8.93. The van der Waals surface area contributed by atoms with Crippen molar-refractivity contribution in [3.05, 3.63) is 11.4 Å². The van der Waals surface area contributed by atoms with Gasteiger partial charge in [-0.3, -0.25) is 0 Å². The molecule has 0 unspecified atom stereocenters. The molecule has 1 rings (SSSR count). The highest BCUT2D eigenvalue weighted by molar-refractivity contribution is 5.56. The van der Waals surface area contributed by atoms with Crippen LogP contribution < -0.4 is 16.6 Å². The summed E-state index contributed by atoms with van der Waals surface area (Å²) >= 11 is 0. The lowest BCUT2D eigenvalue weighted by Gasteiger charge is -2.24. The summed E-state index contributed by atoms with van der Waals surface area (Å²) in [7, 11) is 1.70. The molecule has 0 saturated carbocycles. The Morgan fingerprint density at radius 2 is 1.89 bits per heavy atom. The topological polar surface area (TPSA) is 85.1 Å². The highest BCUT2D eigenvalue weighted by atomic mass is 16.5. The van der Waals surface area contributed by atoms with Crippen molar-refractivity contribution in [1.29, 1.82) is 0 Å². The summed E-state index contributed by atoms with van der Waals surface area (Å²) in [6, 6.07) is 0. The zero-order chi connectivity index (χ0) is 14.5. The lowest BCUT2D eigenvalue weighted by molar-refractivity contribution is 0.0343. The second-order valence-electron chi connectivity index (χ2n) is 5.17. The Balaban J connectivity index is 2.95. The van der Waals surface area contributed by atoms with E-state index in [9.17, 15) is 0 Å². The third-order valence-corrected chi connectivity index (χ3v) is 3.04. The first-order valence-electron chi connectivity index (χ1n) is 6.56. The van der Waals surface area contributed by atoms with E-state index in [1.165, 1.54) is 0 Å². The third-order valence-electron chi connectivity index (χ3n) is 3.04. The van der Waals surface area contributed by atoms with Gasteiger partial charge in [0, 0.05) is 25.6 Å². The number of hydrogen-bond acceptors (Lipinski definition) is 6. The first kappa shape index (κ1) is 15.7. The van der Waals surface area contributed by atoms with Crippen molar-refractivity contribution < 1.29 is 4.74 Å². The van der Waals surface area contributed by atoms with Crippen LogP contribution in [-0.2, 0) is 11.2 Å². The molecule has 1 aromatic rings. The van der Waals surface area contributed by atoms with Gasteiger partial charge in [0.1, 0.15) is 17.5 Å². The summed E-state index contributed by atoms with van der Waals surface area (Å²) < 4.78 is 5.39. The molecule has 19 heavy (non-hydrogen) atoms. The number of nitrogens with one attached hydrogen (secondary N) is 2. The molecular weight excluding hydrogens is 242 g/mol. The van der Waals surface area contributed by atoms with E-state index in [1.54, 1.807) is 7.11 Å². The number of nitrogens with two attached hydrogens (primary N) is 1. The number of methoxy groups -OCH3 is 1. The van der Waals surface area contributed by atoms with Gasteiger partial charge >= 0.3 is 0 Å². The maximum atomic E-state index is 5.50. The van der Waals surface area contributed by atoms with Crippen LogP contribution in [0.4, 0.5) is 11.6 Å². The number of nitrogens with zero attached hydrogens (tertiary/aromatic N) is 2. The molecule has 0 radical (unpaired) electrons. The monoisotopic (exact) mass is 267 g/mol. The van der Waals surface area contributed by atoms with Gasteiger partial charge in [0.25, 0.3) is 0 Å². The first-order valence-corrected chi connectivity index (χ1v) is 6.56. The smallest absolute Gasteiger partial charge is 0.148 e. The molecule has 0 fully saturated rings. The number of aromatic nitrogens is 2. The van der Waals surface area contributed by atoms with E-state index < -0.39 is 0 Å². The fourth-order valence-corrected chi connectivity index (χ4v) is 1.58. The molecule has 6 heteroatoms. The quantitative estimate of drug-likeness (QED) is 0.516. The van der Waals surface area contributed by atoms with Crippen molar-refractivity contribution in [2.45, 2.75) is 46.1 Å². The Bertz CT molecular complexity index is 420. The lowest BCUT2D eigenvalue weighted by atomic mass is 10.1. The van der Waals surface area contributed by atoms with Crippen molar-refractivity contribution in [3.63, 3.8) is 0 Å². The average molecular weight is 267 g/mol. The molecule has 0 atom stereocenters. The van der Waals surface area contributed by atoms with Gasteiger partial charge in [-0.25, -0.2) is 15.8 Å². The molecule has 0 spiro atoms. The highest BCUT2D eigenvalue weighted by Gasteiger charge is 2.18. The number of nitrogen functional groups attached to an aromatic ring is 1. The normalized spacial score (nSPS) is 11.5. The van der Waals surface area contributed by atoms with Gasteiger partial charge in [-0.2, -0.15) is 0 Å². The van der Waals surface area contributed by atoms with Crippen molar-refractivity contribution >= 4 is 11.6 Å². The minimum Gasteiger partial charge on any atom is -0.377 e. The number of rotatable bonds is 7. The average Bonchev–Trinajstić information content (AvgIpc) is 2.39. The van der Waals surface area contributed by atoms with Crippen LogP contribution in [0.15, 0.2) is 0 Å². The van der Waals surface area contributed by atoms with Gasteiger partial charge in [-0.05, 0) is 27.2 Å². The van der Waals surface area contributed by atoms with E-state index in [4.69, 9.17) is 10.6 Å². The molecule has 0 saturated heterocycles. The minimum atomic E-state index is -0.251. The Morgan fingerprint density at radius 1 is 1.26 bits per heavy atom. The molecular formula is C13H25N5O. The summed E-state index contributed by atoms with van der Waals surface area (Å²) in [5.41, 5.74) is 3.28. The largest absolute Gasteiger partial charge is 0.377 e. The molecule has 0 aliphatic rings. The summed E-state index contributed by atoms with van der Waals surface area (Å²) in [6.07, 6.45) is 1.83. The molecule has 0 amide bonds.